The van der Waals surface area contributed by atoms with Crippen molar-refractivity contribution in [2.24, 2.45) is 0 Å². The molecule has 0 radical (unpaired) electrons. The largest absolute Gasteiger partial charge is 0.494 e. The van der Waals surface area contributed by atoms with E-state index in [-0.39, 0.29) is 0 Å². The summed E-state index contributed by atoms with van der Waals surface area (Å²) < 4.78 is 18.1. The lowest BCUT2D eigenvalue weighted by Gasteiger charge is -2.16. The van der Waals surface area contributed by atoms with Gasteiger partial charge in [-0.15, -0.1) is 0 Å². The average molecular weight is 505 g/mol. The number of rotatable bonds is 8. The van der Waals surface area contributed by atoms with Gasteiger partial charge >= 0.3 is 0 Å². The summed E-state index contributed by atoms with van der Waals surface area (Å²) in [4.78, 5) is 0. The van der Waals surface area contributed by atoms with E-state index in [2.05, 4.69) is 45.7 Å². The van der Waals surface area contributed by atoms with Crippen LogP contribution >= 0.6 is 43.5 Å². The van der Waals surface area contributed by atoms with E-state index >= 15 is 0 Å². The fraction of sp³-hybridized carbons (Fsp3) is 0.300. The van der Waals surface area contributed by atoms with E-state index in [4.69, 9.17) is 25.8 Å². The van der Waals surface area contributed by atoms with E-state index in [0.717, 1.165) is 20.5 Å². The molecule has 2 rings (SSSR count). The van der Waals surface area contributed by atoms with Crippen molar-refractivity contribution in [3.8, 4) is 23.0 Å². The Morgan fingerprint density at radius 3 is 2.35 bits per heavy atom. The highest BCUT2D eigenvalue weighted by molar-refractivity contribution is 9.28. The first kappa shape index (κ1) is 21.1. The van der Waals surface area contributed by atoms with Gasteiger partial charge in [-0.3, -0.25) is 0 Å². The van der Waals surface area contributed by atoms with Crippen molar-refractivity contribution >= 4 is 43.5 Å². The Balaban J connectivity index is 2.20. The van der Waals surface area contributed by atoms with Gasteiger partial charge in [-0.1, -0.05) is 25.4 Å². The molecule has 0 aromatic heterocycles. The fourth-order valence-corrected chi connectivity index (χ4v) is 2.79. The van der Waals surface area contributed by atoms with Crippen LogP contribution in [0.1, 0.15) is 32.3 Å². The zero-order valence-electron chi connectivity index (χ0n) is 14.9. The minimum Gasteiger partial charge on any atom is -0.494 e. The van der Waals surface area contributed by atoms with E-state index < -0.39 is 0 Å². The quantitative estimate of drug-likeness (QED) is 0.369. The molecule has 0 aliphatic carbocycles. The topological polar surface area (TPSA) is 27.7 Å². The number of halogens is 3. The number of benzene rings is 2. The molecule has 26 heavy (non-hydrogen) atoms. The van der Waals surface area contributed by atoms with E-state index in [9.17, 15) is 0 Å². The lowest BCUT2D eigenvalue weighted by atomic mass is 10.0. The van der Waals surface area contributed by atoms with Crippen molar-refractivity contribution in [2.75, 3.05) is 13.2 Å². The molecule has 0 spiro atoms. The van der Waals surface area contributed by atoms with Crippen molar-refractivity contribution in [1.29, 1.82) is 0 Å². The van der Waals surface area contributed by atoms with Gasteiger partial charge in [0.1, 0.15) is 29.6 Å². The zero-order chi connectivity index (χ0) is 19.1. The Morgan fingerprint density at radius 1 is 1.04 bits per heavy atom. The van der Waals surface area contributed by atoms with Crippen LogP contribution in [0.2, 0.25) is 5.02 Å². The lowest BCUT2D eigenvalue weighted by molar-refractivity contribution is 0.339. The summed E-state index contributed by atoms with van der Waals surface area (Å²) in [6.07, 6.45) is 1.90. The lowest BCUT2D eigenvalue weighted by Crippen LogP contribution is -2.00. The number of hydrogen-bond acceptors (Lipinski definition) is 3. The first-order valence-corrected chi connectivity index (χ1v) is 10.2. The fourth-order valence-electron chi connectivity index (χ4n) is 2.31. The molecule has 0 saturated heterocycles. The summed E-state index contributed by atoms with van der Waals surface area (Å²) in [6.45, 7) is 7.23. The first-order chi connectivity index (χ1) is 12.4. The second-order valence-corrected chi connectivity index (χ2v) is 8.97. The summed E-state index contributed by atoms with van der Waals surface area (Å²) >= 11 is 12.9. The standard InChI is InChI=1S/C20H21Br2ClO3/c1-4-24-14-5-8-19(17(23)12-14)26-15-6-7-18(16(11-15)13(2)3)25-10-9-20(21)22/h5-9,11-13H,4,10H2,1-3H3. The van der Waals surface area contributed by atoms with Crippen LogP contribution in [0.5, 0.6) is 23.0 Å². The van der Waals surface area contributed by atoms with Gasteiger partial charge < -0.3 is 14.2 Å². The molecule has 140 valence electrons. The van der Waals surface area contributed by atoms with Gasteiger partial charge in [0.15, 0.2) is 0 Å². The Morgan fingerprint density at radius 2 is 1.73 bits per heavy atom. The highest BCUT2D eigenvalue weighted by Gasteiger charge is 2.12. The molecule has 0 atom stereocenters. The summed E-state index contributed by atoms with van der Waals surface area (Å²) in [7, 11) is 0. The number of hydrogen-bond donors (Lipinski definition) is 0. The molecule has 0 saturated carbocycles. The Labute approximate surface area is 176 Å². The molecule has 0 amide bonds. The summed E-state index contributed by atoms with van der Waals surface area (Å²) in [5.41, 5.74) is 1.07. The molecule has 0 unspecified atom stereocenters. The monoisotopic (exact) mass is 502 g/mol. The van der Waals surface area contributed by atoms with Gasteiger partial charge in [-0.2, -0.15) is 0 Å². The zero-order valence-corrected chi connectivity index (χ0v) is 18.8. The van der Waals surface area contributed by atoms with E-state index in [1.807, 2.05) is 43.3 Å². The third-order valence-corrected chi connectivity index (χ3v) is 4.46. The second kappa shape index (κ2) is 10.2. The van der Waals surface area contributed by atoms with E-state index in [0.29, 0.717) is 35.7 Å². The van der Waals surface area contributed by atoms with Crippen molar-refractivity contribution in [3.63, 3.8) is 0 Å². The molecule has 0 heterocycles. The molecule has 0 bridgehead atoms. The van der Waals surface area contributed by atoms with Gasteiger partial charge in [0, 0.05) is 11.6 Å². The van der Waals surface area contributed by atoms with Gasteiger partial charge in [-0.05, 0) is 81.1 Å². The maximum atomic E-state index is 6.30. The maximum absolute atomic E-state index is 6.30. The molecule has 2 aromatic rings. The molecule has 0 N–H and O–H groups in total. The van der Waals surface area contributed by atoms with E-state index in [1.165, 1.54) is 0 Å². The maximum Gasteiger partial charge on any atom is 0.146 e. The third-order valence-electron chi connectivity index (χ3n) is 3.52. The van der Waals surface area contributed by atoms with E-state index in [1.54, 1.807) is 6.07 Å². The van der Waals surface area contributed by atoms with Gasteiger partial charge in [0.05, 0.1) is 15.0 Å². The van der Waals surface area contributed by atoms with Crippen LogP contribution in [0.15, 0.2) is 45.9 Å². The van der Waals surface area contributed by atoms with Crippen LogP contribution in [0.3, 0.4) is 0 Å². The predicted molar refractivity (Wildman–Crippen MR) is 115 cm³/mol. The summed E-state index contributed by atoms with van der Waals surface area (Å²) in [5.74, 6) is 3.15. The molecule has 2 aromatic carbocycles. The second-order valence-electron chi connectivity index (χ2n) is 5.79. The van der Waals surface area contributed by atoms with Crippen molar-refractivity contribution in [1.82, 2.24) is 0 Å². The summed E-state index contributed by atoms with van der Waals surface area (Å²) in [6, 6.07) is 11.2. The van der Waals surface area contributed by atoms with Crippen LogP contribution in [0.25, 0.3) is 0 Å². The minimum absolute atomic E-state index is 0.292. The molecule has 0 aliphatic rings. The van der Waals surface area contributed by atoms with Crippen LogP contribution in [0.4, 0.5) is 0 Å². The molecule has 6 heteroatoms. The molecular formula is C20H21Br2ClO3. The molecule has 3 nitrogen and oxygen atoms in total. The van der Waals surface area contributed by atoms with Crippen LogP contribution < -0.4 is 14.2 Å². The SMILES string of the molecule is CCOc1ccc(Oc2ccc(OCC=C(Br)Br)c(C(C)C)c2)c(Cl)c1. The van der Waals surface area contributed by atoms with Crippen molar-refractivity contribution < 1.29 is 14.2 Å². The van der Waals surface area contributed by atoms with Crippen LogP contribution in [-0.2, 0) is 0 Å². The Kier molecular flexibility index (Phi) is 8.32. The van der Waals surface area contributed by atoms with Gasteiger partial charge in [-0.25, -0.2) is 0 Å². The highest BCUT2D eigenvalue weighted by atomic mass is 79.9. The van der Waals surface area contributed by atoms with Crippen molar-refractivity contribution in [2.45, 2.75) is 26.7 Å². The Hall–Kier alpha value is -1.17. The number of ether oxygens (including phenoxy) is 3. The van der Waals surface area contributed by atoms with Crippen LogP contribution in [0, 0.1) is 0 Å². The summed E-state index contributed by atoms with van der Waals surface area (Å²) in [5, 5.41) is 0.509. The highest BCUT2D eigenvalue weighted by Crippen LogP contribution is 2.36. The molecule has 0 fully saturated rings. The molecule has 0 aliphatic heterocycles. The minimum atomic E-state index is 0.292. The normalized spacial score (nSPS) is 10.6. The smallest absolute Gasteiger partial charge is 0.146 e. The molecular weight excluding hydrogens is 483 g/mol. The van der Waals surface area contributed by atoms with Gasteiger partial charge in [0.2, 0.25) is 0 Å². The average Bonchev–Trinajstić information content (AvgIpc) is 2.58. The van der Waals surface area contributed by atoms with Crippen molar-refractivity contribution in [3.05, 3.63) is 56.5 Å². The van der Waals surface area contributed by atoms with Gasteiger partial charge in [0.25, 0.3) is 0 Å². The van der Waals surface area contributed by atoms with Crippen LogP contribution in [-0.4, -0.2) is 13.2 Å². The predicted octanol–water partition coefficient (Wildman–Crippen LogP) is 7.66. The third kappa shape index (κ3) is 6.22. The first-order valence-electron chi connectivity index (χ1n) is 8.28. The Bertz CT molecular complexity index is 772.